The molecule has 0 bridgehead atoms. The van der Waals surface area contributed by atoms with Crippen LogP contribution in [-0.2, 0) is 9.59 Å². The molecule has 33 heavy (non-hydrogen) atoms. The first-order chi connectivity index (χ1) is 15.8. The smallest absolute Gasteiger partial charge is 0.269 e. The van der Waals surface area contributed by atoms with Gasteiger partial charge in [0.05, 0.1) is 21.4 Å². The molecule has 0 fully saturated rings. The molecule has 0 spiro atoms. The van der Waals surface area contributed by atoms with Crippen LogP contribution >= 0.6 is 34.9 Å². The molecule has 1 heterocycles. The fourth-order valence-electron chi connectivity index (χ4n) is 2.30. The summed E-state index contributed by atoms with van der Waals surface area (Å²) in [6.07, 6.45) is 0. The van der Waals surface area contributed by atoms with E-state index in [1.807, 2.05) is 0 Å². The van der Waals surface area contributed by atoms with Crippen LogP contribution in [0.2, 0.25) is 0 Å². The Hall–Kier alpha value is -3.56. The van der Waals surface area contributed by atoms with Gasteiger partial charge in [-0.05, 0) is 24.3 Å². The first-order valence-electron chi connectivity index (χ1n) is 8.98. The van der Waals surface area contributed by atoms with Crippen LogP contribution in [0.1, 0.15) is 0 Å². The summed E-state index contributed by atoms with van der Waals surface area (Å²) in [5, 5.41) is 34.5. The fraction of sp³-hybridized carbons (Fsp3) is 0.111. The number of nitrogens with zero attached hydrogens (tertiary/aromatic N) is 4. The minimum Gasteiger partial charge on any atom is -0.325 e. The number of thioether (sulfide) groups is 2. The molecule has 0 aliphatic rings. The Morgan fingerprint density at radius 2 is 1.12 bits per heavy atom. The molecule has 0 atom stereocenters. The van der Waals surface area contributed by atoms with E-state index in [0.717, 1.165) is 0 Å². The lowest BCUT2D eigenvalue weighted by Gasteiger charge is -2.03. The lowest BCUT2D eigenvalue weighted by molar-refractivity contribution is -0.385. The Labute approximate surface area is 198 Å². The van der Waals surface area contributed by atoms with E-state index in [0.29, 0.717) is 20.1 Å². The first kappa shape index (κ1) is 24.1. The van der Waals surface area contributed by atoms with Gasteiger partial charge in [-0.1, -0.05) is 34.9 Å². The van der Waals surface area contributed by atoms with Crippen molar-refractivity contribution in [3.05, 3.63) is 68.8 Å². The first-order valence-corrected chi connectivity index (χ1v) is 11.8. The van der Waals surface area contributed by atoms with Crippen LogP contribution in [0.5, 0.6) is 0 Å². The molecule has 1 aromatic heterocycles. The number of nitrogens with one attached hydrogen (secondary N) is 2. The Balaban J connectivity index is 1.41. The predicted octanol–water partition coefficient (Wildman–Crippen LogP) is 3.82. The third-order valence-electron chi connectivity index (χ3n) is 3.77. The van der Waals surface area contributed by atoms with Crippen LogP contribution in [0.25, 0.3) is 0 Å². The van der Waals surface area contributed by atoms with Crippen LogP contribution < -0.4 is 10.6 Å². The molecule has 0 saturated heterocycles. The minimum absolute atomic E-state index is 0.0664. The number of aromatic nitrogens is 2. The van der Waals surface area contributed by atoms with Crippen LogP contribution in [0, 0.1) is 20.2 Å². The highest BCUT2D eigenvalue weighted by Gasteiger charge is 2.12. The van der Waals surface area contributed by atoms with Crippen molar-refractivity contribution in [2.24, 2.45) is 0 Å². The Morgan fingerprint density at radius 1 is 0.758 bits per heavy atom. The molecule has 0 saturated carbocycles. The number of rotatable bonds is 10. The maximum absolute atomic E-state index is 12.1. The third kappa shape index (κ3) is 7.51. The van der Waals surface area contributed by atoms with E-state index >= 15 is 0 Å². The second-order valence-electron chi connectivity index (χ2n) is 6.12. The molecule has 170 valence electrons. The number of nitro groups is 2. The van der Waals surface area contributed by atoms with Crippen molar-refractivity contribution >= 4 is 69.4 Å². The van der Waals surface area contributed by atoms with Gasteiger partial charge in [-0.3, -0.25) is 29.8 Å². The number of carbonyl (C=O) groups is 2. The van der Waals surface area contributed by atoms with Crippen molar-refractivity contribution in [1.82, 2.24) is 10.2 Å². The van der Waals surface area contributed by atoms with Crippen molar-refractivity contribution < 1.29 is 19.4 Å². The fourth-order valence-corrected chi connectivity index (χ4v) is 4.92. The van der Waals surface area contributed by atoms with Crippen molar-refractivity contribution in [1.29, 1.82) is 0 Å². The van der Waals surface area contributed by atoms with Crippen molar-refractivity contribution in [3.8, 4) is 0 Å². The van der Waals surface area contributed by atoms with E-state index in [1.54, 1.807) is 0 Å². The Kier molecular flexibility index (Phi) is 8.28. The average Bonchev–Trinajstić information content (AvgIpc) is 3.25. The van der Waals surface area contributed by atoms with E-state index < -0.39 is 9.85 Å². The molecule has 3 aromatic rings. The second-order valence-corrected chi connectivity index (χ2v) is 9.54. The minimum atomic E-state index is -0.522. The Bertz CT molecular complexity index is 1080. The summed E-state index contributed by atoms with van der Waals surface area (Å²) in [5.41, 5.74) is 0.753. The number of hydrogen-bond acceptors (Lipinski definition) is 11. The van der Waals surface area contributed by atoms with Crippen molar-refractivity contribution in [2.45, 2.75) is 8.68 Å². The molecule has 0 aliphatic carbocycles. The van der Waals surface area contributed by atoms with Gasteiger partial charge < -0.3 is 10.6 Å². The molecule has 3 rings (SSSR count). The molecule has 0 radical (unpaired) electrons. The summed E-state index contributed by atoms with van der Waals surface area (Å²) in [6.45, 7) is 0. The van der Waals surface area contributed by atoms with Gasteiger partial charge in [0.15, 0.2) is 8.68 Å². The number of nitro benzene ring substituents is 2. The van der Waals surface area contributed by atoms with E-state index in [9.17, 15) is 29.8 Å². The normalized spacial score (nSPS) is 10.4. The molecule has 2 N–H and O–H groups in total. The standard InChI is InChI=1S/C18H14N6O6S3/c25-15(19-11-1-5-13(6-2-11)23(27)28)9-31-17-21-22-18(33-17)32-10-16(26)20-12-3-7-14(8-4-12)24(29)30/h1-8H,9-10H2,(H,19,25)(H,20,26). The highest BCUT2D eigenvalue weighted by atomic mass is 32.2. The van der Waals surface area contributed by atoms with Crippen molar-refractivity contribution in [3.63, 3.8) is 0 Å². The number of anilines is 2. The molecular formula is C18H14N6O6S3. The molecule has 0 aliphatic heterocycles. The highest BCUT2D eigenvalue weighted by molar-refractivity contribution is 8.03. The third-order valence-corrected chi connectivity index (χ3v) is 6.96. The van der Waals surface area contributed by atoms with E-state index in [4.69, 9.17) is 0 Å². The highest BCUT2D eigenvalue weighted by Crippen LogP contribution is 2.29. The number of hydrogen-bond donors (Lipinski definition) is 2. The molecule has 12 nitrogen and oxygen atoms in total. The van der Waals surface area contributed by atoms with Gasteiger partial charge in [-0.25, -0.2) is 0 Å². The van der Waals surface area contributed by atoms with Crippen LogP contribution in [-0.4, -0.2) is 43.4 Å². The SMILES string of the molecule is O=C(CSc1nnc(SCC(=O)Nc2ccc([N+](=O)[O-])cc2)s1)Nc1ccc([N+](=O)[O-])cc1. The van der Waals surface area contributed by atoms with Gasteiger partial charge in [0.2, 0.25) is 11.8 Å². The van der Waals surface area contributed by atoms with Crippen LogP contribution in [0.3, 0.4) is 0 Å². The van der Waals surface area contributed by atoms with E-state index in [1.165, 1.54) is 83.4 Å². The summed E-state index contributed by atoms with van der Waals surface area (Å²) >= 11 is 3.58. The zero-order valence-corrected chi connectivity index (χ0v) is 18.9. The van der Waals surface area contributed by atoms with Gasteiger partial charge in [-0.2, -0.15) is 0 Å². The second kappa shape index (κ2) is 11.3. The molecule has 0 unspecified atom stereocenters. The molecule has 15 heteroatoms. The number of carbonyl (C=O) groups excluding carboxylic acids is 2. The van der Waals surface area contributed by atoms with Crippen LogP contribution in [0.15, 0.2) is 57.2 Å². The largest absolute Gasteiger partial charge is 0.325 e. The zero-order chi connectivity index (χ0) is 23.8. The van der Waals surface area contributed by atoms with Gasteiger partial charge in [-0.15, -0.1) is 10.2 Å². The predicted molar refractivity (Wildman–Crippen MR) is 125 cm³/mol. The molecule has 2 amide bonds. The molecular weight excluding hydrogens is 492 g/mol. The van der Waals surface area contributed by atoms with Gasteiger partial charge in [0.1, 0.15) is 0 Å². The summed E-state index contributed by atoms with van der Waals surface area (Å²) in [7, 11) is 0. The van der Waals surface area contributed by atoms with E-state index in [-0.39, 0.29) is 34.7 Å². The summed E-state index contributed by atoms with van der Waals surface area (Å²) < 4.78 is 1.10. The van der Waals surface area contributed by atoms with Crippen molar-refractivity contribution in [2.75, 3.05) is 22.1 Å². The maximum Gasteiger partial charge on any atom is 0.269 e. The average molecular weight is 507 g/mol. The van der Waals surface area contributed by atoms with E-state index in [2.05, 4.69) is 20.8 Å². The Morgan fingerprint density at radius 3 is 1.45 bits per heavy atom. The number of non-ortho nitro benzene ring substituents is 2. The number of amides is 2. The van der Waals surface area contributed by atoms with Crippen LogP contribution in [0.4, 0.5) is 22.7 Å². The monoisotopic (exact) mass is 506 g/mol. The quantitative estimate of drug-likeness (QED) is 0.234. The molecule has 2 aromatic carbocycles. The van der Waals surface area contributed by atoms with Gasteiger partial charge >= 0.3 is 0 Å². The number of benzene rings is 2. The lowest BCUT2D eigenvalue weighted by atomic mass is 10.3. The topological polar surface area (TPSA) is 170 Å². The summed E-state index contributed by atoms with van der Waals surface area (Å²) in [5.74, 6) is -0.477. The van der Waals surface area contributed by atoms with Gasteiger partial charge in [0.25, 0.3) is 11.4 Å². The summed E-state index contributed by atoms with van der Waals surface area (Å²) in [6, 6.07) is 11.0. The summed E-state index contributed by atoms with van der Waals surface area (Å²) in [4.78, 5) is 44.4. The lowest BCUT2D eigenvalue weighted by Crippen LogP contribution is -2.13. The maximum atomic E-state index is 12.1. The zero-order valence-electron chi connectivity index (χ0n) is 16.5. The van der Waals surface area contributed by atoms with Gasteiger partial charge in [0, 0.05) is 35.6 Å².